The summed E-state index contributed by atoms with van der Waals surface area (Å²) in [6.45, 7) is 3.10. The van der Waals surface area contributed by atoms with E-state index in [1.54, 1.807) is 0 Å². The molecule has 1 atom stereocenters. The summed E-state index contributed by atoms with van der Waals surface area (Å²) in [6.07, 6.45) is 0.855. The van der Waals surface area contributed by atoms with Crippen LogP contribution in [0.5, 0.6) is 11.5 Å². The molecule has 0 fully saturated rings. The third kappa shape index (κ3) is 4.20. The number of ether oxygens (including phenoxy) is 2. The van der Waals surface area contributed by atoms with Crippen LogP contribution in [0.3, 0.4) is 0 Å². The van der Waals surface area contributed by atoms with Crippen molar-refractivity contribution in [3.63, 3.8) is 0 Å². The SMILES string of the molecule is C[C@@H](Sc1ccc2c(c1)OCCCO2)C(=O)Nc1ccc(F)cc1. The second-order valence-corrected chi connectivity index (χ2v) is 6.83. The summed E-state index contributed by atoms with van der Waals surface area (Å²) in [6, 6.07) is 11.4. The normalized spacial score (nSPS) is 14.6. The van der Waals surface area contributed by atoms with E-state index >= 15 is 0 Å². The van der Waals surface area contributed by atoms with Gasteiger partial charge in [0.1, 0.15) is 5.82 Å². The molecule has 0 aliphatic carbocycles. The molecule has 2 aromatic carbocycles. The first-order valence-electron chi connectivity index (χ1n) is 7.74. The molecule has 0 radical (unpaired) electrons. The Morgan fingerprint density at radius 3 is 2.58 bits per heavy atom. The fourth-order valence-electron chi connectivity index (χ4n) is 2.25. The summed E-state index contributed by atoms with van der Waals surface area (Å²) in [5.41, 5.74) is 0.576. The molecule has 3 rings (SSSR count). The van der Waals surface area contributed by atoms with Crippen molar-refractivity contribution >= 4 is 23.4 Å². The molecule has 1 aliphatic rings. The van der Waals surface area contributed by atoms with Crippen molar-refractivity contribution in [2.24, 2.45) is 0 Å². The van der Waals surface area contributed by atoms with Crippen molar-refractivity contribution in [2.45, 2.75) is 23.5 Å². The molecular weight excluding hydrogens is 329 g/mol. The van der Waals surface area contributed by atoms with Gasteiger partial charge in [0.2, 0.25) is 5.91 Å². The van der Waals surface area contributed by atoms with Gasteiger partial charge in [-0.2, -0.15) is 0 Å². The van der Waals surface area contributed by atoms with Gasteiger partial charge in [0.15, 0.2) is 11.5 Å². The van der Waals surface area contributed by atoms with Crippen molar-refractivity contribution < 1.29 is 18.7 Å². The number of rotatable bonds is 4. The lowest BCUT2D eigenvalue weighted by atomic mass is 10.3. The first-order chi connectivity index (χ1) is 11.6. The van der Waals surface area contributed by atoms with Crippen LogP contribution >= 0.6 is 11.8 Å². The van der Waals surface area contributed by atoms with Crippen molar-refractivity contribution in [3.8, 4) is 11.5 Å². The van der Waals surface area contributed by atoms with Gasteiger partial charge in [0.25, 0.3) is 0 Å². The number of benzene rings is 2. The molecule has 126 valence electrons. The van der Waals surface area contributed by atoms with E-state index in [4.69, 9.17) is 9.47 Å². The number of halogens is 1. The van der Waals surface area contributed by atoms with E-state index in [2.05, 4.69) is 5.32 Å². The molecule has 0 spiro atoms. The van der Waals surface area contributed by atoms with Crippen molar-refractivity contribution in [3.05, 3.63) is 48.3 Å². The molecular formula is C18H18FNO3S. The van der Waals surface area contributed by atoms with Gasteiger partial charge < -0.3 is 14.8 Å². The van der Waals surface area contributed by atoms with Gasteiger partial charge in [0.05, 0.1) is 18.5 Å². The zero-order valence-corrected chi connectivity index (χ0v) is 14.1. The van der Waals surface area contributed by atoms with E-state index in [0.29, 0.717) is 24.7 Å². The Labute approximate surface area is 144 Å². The Hall–Kier alpha value is -2.21. The van der Waals surface area contributed by atoms with E-state index in [1.807, 2.05) is 25.1 Å². The van der Waals surface area contributed by atoms with Crippen LogP contribution in [-0.2, 0) is 4.79 Å². The zero-order valence-electron chi connectivity index (χ0n) is 13.3. The Morgan fingerprint density at radius 2 is 1.83 bits per heavy atom. The maximum absolute atomic E-state index is 12.9. The number of anilines is 1. The average molecular weight is 347 g/mol. The van der Waals surface area contributed by atoms with Crippen LogP contribution in [0.2, 0.25) is 0 Å². The minimum absolute atomic E-state index is 0.140. The highest BCUT2D eigenvalue weighted by molar-refractivity contribution is 8.00. The lowest BCUT2D eigenvalue weighted by Gasteiger charge is -2.13. The summed E-state index contributed by atoms with van der Waals surface area (Å²) >= 11 is 1.43. The summed E-state index contributed by atoms with van der Waals surface area (Å²) in [5, 5.41) is 2.47. The third-order valence-corrected chi connectivity index (χ3v) is 4.61. The fourth-order valence-corrected chi connectivity index (χ4v) is 3.15. The van der Waals surface area contributed by atoms with Gasteiger partial charge >= 0.3 is 0 Å². The first-order valence-corrected chi connectivity index (χ1v) is 8.62. The van der Waals surface area contributed by atoms with E-state index in [-0.39, 0.29) is 17.0 Å². The largest absolute Gasteiger partial charge is 0.490 e. The van der Waals surface area contributed by atoms with E-state index in [0.717, 1.165) is 17.1 Å². The van der Waals surface area contributed by atoms with Crippen molar-refractivity contribution in [1.29, 1.82) is 0 Å². The molecule has 6 heteroatoms. The highest BCUT2D eigenvalue weighted by Gasteiger charge is 2.17. The summed E-state index contributed by atoms with van der Waals surface area (Å²) < 4.78 is 24.2. The van der Waals surface area contributed by atoms with Crippen LogP contribution in [-0.4, -0.2) is 24.4 Å². The van der Waals surface area contributed by atoms with Gasteiger partial charge in [-0.25, -0.2) is 4.39 Å². The molecule has 4 nitrogen and oxygen atoms in total. The Kier molecular flexibility index (Phi) is 5.25. The monoisotopic (exact) mass is 347 g/mol. The van der Waals surface area contributed by atoms with Gasteiger partial charge in [-0.15, -0.1) is 11.8 Å². The second kappa shape index (κ2) is 7.57. The molecule has 0 saturated heterocycles. The molecule has 24 heavy (non-hydrogen) atoms. The minimum Gasteiger partial charge on any atom is -0.490 e. The molecule has 1 aliphatic heterocycles. The second-order valence-electron chi connectivity index (χ2n) is 5.42. The Morgan fingerprint density at radius 1 is 1.12 bits per heavy atom. The lowest BCUT2D eigenvalue weighted by Crippen LogP contribution is -2.22. The number of amides is 1. The molecule has 1 heterocycles. The predicted octanol–water partition coefficient (Wildman–Crippen LogP) is 4.11. The first kappa shape index (κ1) is 16.6. The van der Waals surface area contributed by atoms with Gasteiger partial charge in [-0.3, -0.25) is 4.79 Å². The molecule has 0 aromatic heterocycles. The molecule has 2 aromatic rings. The van der Waals surface area contributed by atoms with Crippen molar-refractivity contribution in [2.75, 3.05) is 18.5 Å². The number of carbonyl (C=O) groups excluding carboxylic acids is 1. The van der Waals surface area contributed by atoms with Gasteiger partial charge in [0, 0.05) is 17.0 Å². The summed E-state index contributed by atoms with van der Waals surface area (Å²) in [4.78, 5) is 13.2. The molecule has 0 unspecified atom stereocenters. The van der Waals surface area contributed by atoms with Crippen molar-refractivity contribution in [1.82, 2.24) is 0 Å². The maximum Gasteiger partial charge on any atom is 0.237 e. The summed E-state index contributed by atoms with van der Waals surface area (Å²) in [5.74, 6) is 0.977. The molecule has 0 saturated carbocycles. The van der Waals surface area contributed by atoms with Crippen LogP contribution < -0.4 is 14.8 Å². The number of hydrogen-bond donors (Lipinski definition) is 1. The third-order valence-electron chi connectivity index (χ3n) is 3.51. The van der Waals surface area contributed by atoms with Crippen LogP contribution in [0.4, 0.5) is 10.1 Å². The average Bonchev–Trinajstić information content (AvgIpc) is 2.81. The van der Waals surface area contributed by atoms with E-state index < -0.39 is 0 Å². The number of carbonyl (C=O) groups is 1. The molecule has 0 bridgehead atoms. The van der Waals surface area contributed by atoms with Crippen LogP contribution in [0.15, 0.2) is 47.4 Å². The maximum atomic E-state index is 12.9. The predicted molar refractivity (Wildman–Crippen MR) is 92.4 cm³/mol. The zero-order chi connectivity index (χ0) is 16.9. The van der Waals surface area contributed by atoms with Crippen LogP contribution in [0.1, 0.15) is 13.3 Å². The van der Waals surface area contributed by atoms with Gasteiger partial charge in [-0.05, 0) is 49.4 Å². The highest BCUT2D eigenvalue weighted by atomic mass is 32.2. The topological polar surface area (TPSA) is 47.6 Å². The van der Waals surface area contributed by atoms with E-state index in [1.165, 1.54) is 36.0 Å². The quantitative estimate of drug-likeness (QED) is 0.846. The fraction of sp³-hybridized carbons (Fsp3) is 0.278. The number of fused-ring (bicyclic) bond motifs is 1. The van der Waals surface area contributed by atoms with E-state index in [9.17, 15) is 9.18 Å². The smallest absolute Gasteiger partial charge is 0.237 e. The highest BCUT2D eigenvalue weighted by Crippen LogP contribution is 2.35. The standard InChI is InChI=1S/C18H18FNO3S/c1-12(18(21)20-14-5-3-13(19)4-6-14)24-15-7-8-16-17(11-15)23-10-2-9-22-16/h3-8,11-12H,2,9-10H2,1H3,(H,20,21)/t12-/m1/s1. The molecule has 1 N–H and O–H groups in total. The number of hydrogen-bond acceptors (Lipinski definition) is 4. The number of thioether (sulfide) groups is 1. The Balaban J connectivity index is 1.63. The Bertz CT molecular complexity index is 721. The minimum atomic E-state index is -0.331. The van der Waals surface area contributed by atoms with Crippen LogP contribution in [0.25, 0.3) is 0 Å². The van der Waals surface area contributed by atoms with Crippen LogP contribution in [0, 0.1) is 5.82 Å². The summed E-state index contributed by atoms with van der Waals surface area (Å²) in [7, 11) is 0. The lowest BCUT2D eigenvalue weighted by molar-refractivity contribution is -0.115. The molecule has 1 amide bonds. The number of nitrogens with one attached hydrogen (secondary N) is 1. The van der Waals surface area contributed by atoms with Gasteiger partial charge in [-0.1, -0.05) is 0 Å².